The highest BCUT2D eigenvalue weighted by molar-refractivity contribution is 5.83. The first-order chi connectivity index (χ1) is 8.56. The van der Waals surface area contributed by atoms with Gasteiger partial charge in [0.05, 0.1) is 0 Å². The summed E-state index contributed by atoms with van der Waals surface area (Å²) in [7, 11) is 0. The maximum Gasteiger partial charge on any atom is 0.323 e. The van der Waals surface area contributed by atoms with E-state index in [0.717, 1.165) is 32.2 Å². The Morgan fingerprint density at radius 1 is 1.33 bits per heavy atom. The summed E-state index contributed by atoms with van der Waals surface area (Å²) < 4.78 is 0. The van der Waals surface area contributed by atoms with Crippen molar-refractivity contribution in [1.82, 2.24) is 10.2 Å². The fourth-order valence-electron chi connectivity index (χ4n) is 2.62. The molecule has 1 aliphatic carbocycles. The van der Waals surface area contributed by atoms with Gasteiger partial charge in [-0.25, -0.2) is 0 Å². The minimum absolute atomic E-state index is 0.000602. The van der Waals surface area contributed by atoms with Gasteiger partial charge in [-0.1, -0.05) is 0 Å². The molecule has 0 aromatic heterocycles. The highest BCUT2D eigenvalue weighted by Gasteiger charge is 2.33. The Balaban J connectivity index is 1.94. The fourth-order valence-corrected chi connectivity index (χ4v) is 2.62. The van der Waals surface area contributed by atoms with E-state index in [0.29, 0.717) is 18.5 Å². The maximum atomic E-state index is 12.4. The van der Waals surface area contributed by atoms with Gasteiger partial charge in [0.2, 0.25) is 5.91 Å². The van der Waals surface area contributed by atoms with E-state index in [-0.39, 0.29) is 18.4 Å². The van der Waals surface area contributed by atoms with Crippen molar-refractivity contribution >= 4 is 11.9 Å². The molecule has 1 amide bonds. The predicted octanol–water partition coefficient (Wildman–Crippen LogP) is 0.698. The lowest BCUT2D eigenvalue weighted by Crippen LogP contribution is -2.46. The van der Waals surface area contributed by atoms with E-state index in [1.54, 1.807) is 4.90 Å². The minimum Gasteiger partial charge on any atom is -0.480 e. The van der Waals surface area contributed by atoms with Crippen LogP contribution in [0.5, 0.6) is 0 Å². The first-order valence-corrected chi connectivity index (χ1v) is 6.80. The quantitative estimate of drug-likeness (QED) is 0.757. The highest BCUT2D eigenvalue weighted by Crippen LogP contribution is 2.30. The summed E-state index contributed by atoms with van der Waals surface area (Å²) in [4.78, 5) is 24.8. The Bertz CT molecular complexity index is 328. The molecule has 2 rings (SSSR count). The number of carbonyl (C=O) groups is 2. The third kappa shape index (κ3) is 3.70. The number of rotatable bonds is 5. The van der Waals surface area contributed by atoms with Gasteiger partial charge < -0.3 is 15.3 Å². The molecule has 0 aromatic rings. The molecule has 2 aliphatic rings. The van der Waals surface area contributed by atoms with E-state index in [2.05, 4.69) is 12.2 Å². The second-order valence-corrected chi connectivity index (χ2v) is 5.63. The van der Waals surface area contributed by atoms with E-state index in [4.69, 9.17) is 5.11 Å². The molecule has 1 heterocycles. The number of nitrogens with zero attached hydrogens (tertiary/aromatic N) is 1. The molecular formula is C13H22N2O3. The van der Waals surface area contributed by atoms with Crippen LogP contribution in [0.15, 0.2) is 0 Å². The first kappa shape index (κ1) is 13.3. The number of carboxylic acid groups (broad SMARTS) is 1. The van der Waals surface area contributed by atoms with Crippen LogP contribution in [0.4, 0.5) is 0 Å². The highest BCUT2D eigenvalue weighted by atomic mass is 16.4. The number of hydrogen-bond acceptors (Lipinski definition) is 3. The lowest BCUT2D eigenvalue weighted by molar-refractivity contribution is -0.147. The molecule has 1 saturated carbocycles. The van der Waals surface area contributed by atoms with Crippen LogP contribution in [0.25, 0.3) is 0 Å². The van der Waals surface area contributed by atoms with Crippen LogP contribution in [0.2, 0.25) is 0 Å². The number of hydrogen-bond donors (Lipinski definition) is 2. The van der Waals surface area contributed by atoms with Crippen LogP contribution in [-0.2, 0) is 9.59 Å². The molecule has 1 aliphatic heterocycles. The minimum atomic E-state index is -0.911. The largest absolute Gasteiger partial charge is 0.480 e. The van der Waals surface area contributed by atoms with Gasteiger partial charge in [0.15, 0.2) is 0 Å². The molecule has 5 heteroatoms. The van der Waals surface area contributed by atoms with E-state index >= 15 is 0 Å². The molecule has 2 N–H and O–H groups in total. The number of carboxylic acids is 1. The van der Waals surface area contributed by atoms with Gasteiger partial charge in [-0.2, -0.15) is 0 Å². The topological polar surface area (TPSA) is 69.6 Å². The molecule has 102 valence electrons. The van der Waals surface area contributed by atoms with Crippen molar-refractivity contribution in [3.8, 4) is 0 Å². The van der Waals surface area contributed by atoms with Crippen molar-refractivity contribution < 1.29 is 14.7 Å². The number of nitrogens with one attached hydrogen (secondary N) is 1. The Morgan fingerprint density at radius 3 is 2.61 bits per heavy atom. The Labute approximate surface area is 108 Å². The zero-order valence-corrected chi connectivity index (χ0v) is 10.9. The molecule has 0 spiro atoms. The molecule has 0 radical (unpaired) electrons. The van der Waals surface area contributed by atoms with Gasteiger partial charge in [0.1, 0.15) is 6.54 Å². The molecule has 2 unspecified atom stereocenters. The van der Waals surface area contributed by atoms with Crippen molar-refractivity contribution in [2.75, 3.05) is 19.6 Å². The van der Waals surface area contributed by atoms with Crippen LogP contribution < -0.4 is 5.32 Å². The average molecular weight is 254 g/mol. The van der Waals surface area contributed by atoms with Gasteiger partial charge in [0.25, 0.3) is 0 Å². The zero-order chi connectivity index (χ0) is 13.1. The molecule has 2 fully saturated rings. The summed E-state index contributed by atoms with van der Waals surface area (Å²) >= 11 is 0. The van der Waals surface area contributed by atoms with Gasteiger partial charge >= 0.3 is 5.97 Å². The van der Waals surface area contributed by atoms with Crippen molar-refractivity contribution in [3.63, 3.8) is 0 Å². The number of piperidine rings is 1. The van der Waals surface area contributed by atoms with Crippen molar-refractivity contribution in [1.29, 1.82) is 0 Å². The first-order valence-electron chi connectivity index (χ1n) is 6.80. The number of aliphatic carboxylic acids is 1. The lowest BCUT2D eigenvalue weighted by atomic mass is 9.92. The molecule has 0 bridgehead atoms. The standard InChI is InChI=1S/C13H22N2O3/c1-9-6-11(4-5-14-9)13(18)15(8-12(16)17)7-10-2-3-10/h9-11,14H,2-8H2,1H3,(H,16,17). The summed E-state index contributed by atoms with van der Waals surface area (Å²) in [6.45, 7) is 3.40. The SMILES string of the molecule is CC1CC(C(=O)N(CC(=O)O)CC2CC2)CCN1. The van der Waals surface area contributed by atoms with Crippen molar-refractivity contribution in [2.24, 2.45) is 11.8 Å². The molecule has 0 aromatic carbocycles. The van der Waals surface area contributed by atoms with Gasteiger partial charge in [-0.3, -0.25) is 9.59 Å². The van der Waals surface area contributed by atoms with Crippen LogP contribution in [0, 0.1) is 11.8 Å². The van der Waals surface area contributed by atoms with Gasteiger partial charge in [0, 0.05) is 18.5 Å². The molecule has 18 heavy (non-hydrogen) atoms. The second kappa shape index (κ2) is 5.69. The summed E-state index contributed by atoms with van der Waals surface area (Å²) in [5.41, 5.74) is 0. The van der Waals surface area contributed by atoms with Crippen LogP contribution >= 0.6 is 0 Å². The number of amides is 1. The summed E-state index contributed by atoms with van der Waals surface area (Å²) in [6.07, 6.45) is 3.90. The van der Waals surface area contributed by atoms with Crippen LogP contribution in [0.3, 0.4) is 0 Å². The third-order valence-corrected chi connectivity index (χ3v) is 3.79. The van der Waals surface area contributed by atoms with E-state index in [9.17, 15) is 9.59 Å². The smallest absolute Gasteiger partial charge is 0.323 e. The monoisotopic (exact) mass is 254 g/mol. The maximum absolute atomic E-state index is 12.4. The third-order valence-electron chi connectivity index (χ3n) is 3.79. The fraction of sp³-hybridized carbons (Fsp3) is 0.846. The van der Waals surface area contributed by atoms with Crippen LogP contribution in [0.1, 0.15) is 32.6 Å². The number of carbonyl (C=O) groups excluding carboxylic acids is 1. The molecule has 5 nitrogen and oxygen atoms in total. The zero-order valence-electron chi connectivity index (χ0n) is 10.9. The molecule has 1 saturated heterocycles. The van der Waals surface area contributed by atoms with Gasteiger partial charge in [-0.15, -0.1) is 0 Å². The van der Waals surface area contributed by atoms with Gasteiger partial charge in [-0.05, 0) is 45.1 Å². The molecule has 2 atom stereocenters. The predicted molar refractivity (Wildman–Crippen MR) is 67.1 cm³/mol. The van der Waals surface area contributed by atoms with E-state index in [1.165, 1.54) is 0 Å². The Morgan fingerprint density at radius 2 is 2.06 bits per heavy atom. The summed E-state index contributed by atoms with van der Waals surface area (Å²) in [5.74, 6) is -0.338. The lowest BCUT2D eigenvalue weighted by Gasteiger charge is -2.31. The van der Waals surface area contributed by atoms with E-state index < -0.39 is 5.97 Å². The van der Waals surface area contributed by atoms with E-state index in [1.807, 2.05) is 0 Å². The second-order valence-electron chi connectivity index (χ2n) is 5.63. The summed E-state index contributed by atoms with van der Waals surface area (Å²) in [5, 5.41) is 12.2. The van der Waals surface area contributed by atoms with Crippen molar-refractivity contribution in [2.45, 2.75) is 38.6 Å². The van der Waals surface area contributed by atoms with Crippen molar-refractivity contribution in [3.05, 3.63) is 0 Å². The Hall–Kier alpha value is -1.10. The normalized spacial score (nSPS) is 27.8. The molecular weight excluding hydrogens is 232 g/mol. The average Bonchev–Trinajstić information content (AvgIpc) is 3.10. The Kier molecular flexibility index (Phi) is 4.22. The summed E-state index contributed by atoms with van der Waals surface area (Å²) in [6, 6.07) is 0.348. The van der Waals surface area contributed by atoms with Crippen LogP contribution in [-0.4, -0.2) is 47.6 Å².